The van der Waals surface area contributed by atoms with Crippen molar-refractivity contribution in [2.24, 2.45) is 17.8 Å². The highest BCUT2D eigenvalue weighted by molar-refractivity contribution is 7.09. The van der Waals surface area contributed by atoms with Crippen LogP contribution in [0, 0.1) is 17.8 Å². The van der Waals surface area contributed by atoms with E-state index in [0.29, 0.717) is 30.0 Å². The second-order valence-corrected chi connectivity index (χ2v) is 16.1. The number of alkyl carbamates (subject to hydrolysis) is 1. The van der Waals surface area contributed by atoms with E-state index in [4.69, 9.17) is 10.5 Å². The maximum Gasteiger partial charge on any atom is 0.407 e. The number of ether oxygens (including phenoxy) is 1. The Morgan fingerprint density at radius 3 is 2.41 bits per heavy atom. The van der Waals surface area contributed by atoms with Gasteiger partial charge in [0.25, 0.3) is 5.91 Å². The van der Waals surface area contributed by atoms with Crippen LogP contribution in [0.15, 0.2) is 29.6 Å². The maximum absolute atomic E-state index is 13.7. The molecule has 3 rings (SSSR count). The van der Waals surface area contributed by atoms with Crippen molar-refractivity contribution in [2.45, 2.75) is 109 Å². The van der Waals surface area contributed by atoms with Crippen molar-refractivity contribution in [1.29, 1.82) is 0 Å². The molecule has 0 spiro atoms. The average Bonchev–Trinajstić information content (AvgIpc) is 3.64. The maximum atomic E-state index is 13.7. The van der Waals surface area contributed by atoms with E-state index in [2.05, 4.69) is 20.9 Å². The van der Waals surface area contributed by atoms with Gasteiger partial charge in [0.05, 0.1) is 12.0 Å². The second kappa shape index (κ2) is 20.6. The van der Waals surface area contributed by atoms with Crippen molar-refractivity contribution in [3.63, 3.8) is 0 Å². The number of carboxylic acids is 1. The highest BCUT2D eigenvalue weighted by Crippen LogP contribution is 2.32. The summed E-state index contributed by atoms with van der Waals surface area (Å²) in [6, 6.07) is 6.15. The van der Waals surface area contributed by atoms with Crippen LogP contribution in [-0.4, -0.2) is 108 Å². The van der Waals surface area contributed by atoms with E-state index in [9.17, 15) is 29.1 Å². The standard InChI is InChI=1S/C39H61N7O7S/c1-9-26(5)39(23-47,44-35(49)31-12-10-11-17-45(31)7)22-46(8)32(24(2)3)20-33(53-38(52)41-6)36-43-30(21-54-36)34(48)42-29(18-25(4)37(50)51)19-27-13-15-28(40)16-14-27/h13-16,21,23-26,29,31-33H,9-12,17-20,22,40H2,1-8H3,(H,41,52)(H,42,48)(H,44,49)(H,50,51)/t25-,26-,29+,31+,32+,33+,39-/m0/s1. The van der Waals surface area contributed by atoms with Crippen LogP contribution in [0.2, 0.25) is 0 Å². The molecule has 0 radical (unpaired) electrons. The van der Waals surface area contributed by atoms with Crippen molar-refractivity contribution in [3.8, 4) is 0 Å². The largest absolute Gasteiger partial charge is 0.481 e. The van der Waals surface area contributed by atoms with E-state index in [1.54, 1.807) is 24.4 Å². The first-order valence-electron chi connectivity index (χ1n) is 18.9. The first-order chi connectivity index (χ1) is 25.5. The van der Waals surface area contributed by atoms with Gasteiger partial charge in [-0.15, -0.1) is 11.3 Å². The molecule has 7 atom stereocenters. The van der Waals surface area contributed by atoms with E-state index in [1.165, 1.54) is 18.4 Å². The molecule has 1 aliphatic heterocycles. The topological polar surface area (TPSA) is 196 Å². The molecular formula is C39H61N7O7S. The number of hydrogen-bond donors (Lipinski definition) is 5. The number of rotatable bonds is 20. The summed E-state index contributed by atoms with van der Waals surface area (Å²) in [4.78, 5) is 73.3. The third-order valence-electron chi connectivity index (χ3n) is 10.8. The minimum atomic E-state index is -1.16. The summed E-state index contributed by atoms with van der Waals surface area (Å²) in [5.74, 6) is -2.43. The van der Waals surface area contributed by atoms with Crippen LogP contribution in [-0.2, 0) is 25.5 Å². The van der Waals surface area contributed by atoms with Gasteiger partial charge in [0.2, 0.25) is 5.91 Å². The van der Waals surface area contributed by atoms with Gasteiger partial charge in [0, 0.05) is 43.2 Å². The fraction of sp³-hybridized carbons (Fsp3) is 0.641. The number of carboxylic acid groups (broad SMARTS) is 1. The fourth-order valence-electron chi connectivity index (χ4n) is 7.14. The molecule has 3 amide bonds. The number of thiazole rings is 1. The summed E-state index contributed by atoms with van der Waals surface area (Å²) >= 11 is 1.18. The van der Waals surface area contributed by atoms with E-state index in [-0.39, 0.29) is 48.5 Å². The van der Waals surface area contributed by atoms with Gasteiger partial charge in [0.15, 0.2) is 6.10 Å². The van der Waals surface area contributed by atoms with Gasteiger partial charge < -0.3 is 41.2 Å². The van der Waals surface area contributed by atoms with E-state index >= 15 is 0 Å². The highest BCUT2D eigenvalue weighted by atomic mass is 32.1. The Bertz CT molecular complexity index is 1550. The van der Waals surface area contributed by atoms with Crippen LogP contribution in [0.3, 0.4) is 0 Å². The Balaban J connectivity index is 1.86. The van der Waals surface area contributed by atoms with Crippen molar-refractivity contribution in [3.05, 3.63) is 45.9 Å². The lowest BCUT2D eigenvalue weighted by atomic mass is 9.82. The predicted molar refractivity (Wildman–Crippen MR) is 210 cm³/mol. The number of nitrogens with zero attached hydrogens (tertiary/aromatic N) is 3. The number of carbonyl (C=O) groups is 5. The number of carbonyl (C=O) groups excluding carboxylic acids is 4. The van der Waals surface area contributed by atoms with Crippen LogP contribution in [0.1, 0.15) is 100 Å². The van der Waals surface area contributed by atoms with Gasteiger partial charge >= 0.3 is 12.1 Å². The van der Waals surface area contributed by atoms with Crippen LogP contribution < -0.4 is 21.7 Å². The van der Waals surface area contributed by atoms with E-state index in [0.717, 1.165) is 37.7 Å². The predicted octanol–water partition coefficient (Wildman–Crippen LogP) is 4.51. The Hall–Kier alpha value is -4.08. The number of anilines is 1. The van der Waals surface area contributed by atoms with Crippen LogP contribution in [0.5, 0.6) is 0 Å². The monoisotopic (exact) mass is 771 g/mol. The quantitative estimate of drug-likeness (QED) is 0.0939. The molecule has 1 saturated heterocycles. The van der Waals surface area contributed by atoms with Gasteiger partial charge in [-0.2, -0.15) is 0 Å². The Morgan fingerprint density at radius 2 is 1.83 bits per heavy atom. The normalized spacial score (nSPS) is 18.8. The van der Waals surface area contributed by atoms with Gasteiger partial charge in [-0.05, 0) is 75.9 Å². The number of nitrogens with two attached hydrogens (primary N) is 1. The molecular weight excluding hydrogens is 711 g/mol. The summed E-state index contributed by atoms with van der Waals surface area (Å²) in [5.41, 5.74) is 6.29. The molecule has 1 aromatic carbocycles. The Kier molecular flexibility index (Phi) is 16.9. The zero-order chi connectivity index (χ0) is 40.2. The van der Waals surface area contributed by atoms with Crippen molar-refractivity contribution in [1.82, 2.24) is 30.7 Å². The van der Waals surface area contributed by atoms with Gasteiger partial charge in [-0.1, -0.05) is 59.6 Å². The van der Waals surface area contributed by atoms with Gasteiger partial charge in [-0.25, -0.2) is 9.78 Å². The number of aldehydes is 1. The molecule has 15 heteroatoms. The Morgan fingerprint density at radius 1 is 1.15 bits per heavy atom. The summed E-state index contributed by atoms with van der Waals surface area (Å²) < 4.78 is 5.86. The van der Waals surface area contributed by atoms with Crippen LogP contribution in [0.25, 0.3) is 0 Å². The molecule has 2 heterocycles. The number of hydrogen-bond acceptors (Lipinski definition) is 11. The number of likely N-dealkylation sites (N-methyl/N-ethyl adjacent to an activating group) is 2. The lowest BCUT2D eigenvalue weighted by Gasteiger charge is -2.43. The Labute approximate surface area is 324 Å². The number of benzene rings is 1. The smallest absolute Gasteiger partial charge is 0.407 e. The minimum Gasteiger partial charge on any atom is -0.481 e. The molecule has 300 valence electrons. The molecule has 6 N–H and O–H groups in total. The molecule has 14 nitrogen and oxygen atoms in total. The van der Waals surface area contributed by atoms with Crippen molar-refractivity contribution in [2.75, 3.05) is 40.0 Å². The fourth-order valence-corrected chi connectivity index (χ4v) is 7.98. The number of nitrogen functional groups attached to an aromatic ring is 1. The van der Waals surface area contributed by atoms with Crippen molar-refractivity contribution < 1.29 is 33.8 Å². The zero-order valence-electron chi connectivity index (χ0n) is 33.1. The minimum absolute atomic E-state index is 0.0281. The lowest BCUT2D eigenvalue weighted by Crippen LogP contribution is -2.64. The molecule has 1 fully saturated rings. The van der Waals surface area contributed by atoms with Crippen LogP contribution in [0.4, 0.5) is 10.5 Å². The number of aromatic nitrogens is 1. The lowest BCUT2D eigenvalue weighted by molar-refractivity contribution is -0.141. The first kappa shape index (κ1) is 44.3. The summed E-state index contributed by atoms with van der Waals surface area (Å²) in [5, 5.41) is 20.2. The summed E-state index contributed by atoms with van der Waals surface area (Å²) in [6.45, 7) is 10.7. The molecule has 0 aliphatic carbocycles. The second-order valence-electron chi connectivity index (χ2n) is 15.2. The highest BCUT2D eigenvalue weighted by Gasteiger charge is 2.42. The van der Waals surface area contributed by atoms with E-state index < -0.39 is 41.6 Å². The molecule has 1 aromatic heterocycles. The van der Waals surface area contributed by atoms with Gasteiger partial charge in [-0.3, -0.25) is 19.3 Å². The molecule has 2 aromatic rings. The summed E-state index contributed by atoms with van der Waals surface area (Å²) in [6.07, 6.45) is 3.64. The van der Waals surface area contributed by atoms with Gasteiger partial charge in [0.1, 0.15) is 22.5 Å². The van der Waals surface area contributed by atoms with E-state index in [1.807, 2.05) is 63.7 Å². The molecule has 54 heavy (non-hydrogen) atoms. The number of aliphatic carboxylic acids is 1. The third-order valence-corrected chi connectivity index (χ3v) is 11.7. The SMILES string of the molecule is CC[C@H](C)[C@@](C=O)(CN(C)[C@H](C[C@@H](OC(=O)NC)c1nc(C(=O)N[C@@H](Cc2ccc(N)cc2)C[C@H](C)C(=O)O)cs1)C(C)C)NC(=O)[C@H]1CCCCN1C. The van der Waals surface area contributed by atoms with Crippen LogP contribution >= 0.6 is 11.3 Å². The number of piperidine rings is 1. The average molecular weight is 772 g/mol. The number of nitrogens with one attached hydrogen (secondary N) is 3. The summed E-state index contributed by atoms with van der Waals surface area (Å²) in [7, 11) is 5.31. The molecule has 1 aliphatic rings. The molecule has 0 saturated carbocycles. The van der Waals surface area contributed by atoms with Crippen molar-refractivity contribution >= 4 is 47.2 Å². The molecule has 0 unspecified atom stereocenters. The zero-order valence-corrected chi connectivity index (χ0v) is 33.9. The molecule has 0 bridgehead atoms. The number of likely N-dealkylation sites (tertiary alicyclic amines) is 1. The number of amides is 3. The first-order valence-corrected chi connectivity index (χ1v) is 19.8. The third kappa shape index (κ3) is 12.2.